The van der Waals surface area contributed by atoms with Crippen LogP contribution in [0.2, 0.25) is 18.1 Å². The lowest BCUT2D eigenvalue weighted by atomic mass is 10.2. The average molecular weight is 600 g/mol. The Balaban J connectivity index is 1.62. The lowest BCUT2D eigenvalue weighted by molar-refractivity contribution is -0.274. The smallest absolute Gasteiger partial charge is 0.494 e. The van der Waals surface area contributed by atoms with Gasteiger partial charge in [0.25, 0.3) is 0 Å². The molecule has 42 heavy (non-hydrogen) atoms. The fraction of sp³-hybridized carbons (Fsp3) is 0.333. The van der Waals surface area contributed by atoms with Gasteiger partial charge in [-0.1, -0.05) is 20.8 Å². The van der Waals surface area contributed by atoms with E-state index in [1.807, 2.05) is 48.0 Å². The van der Waals surface area contributed by atoms with Crippen LogP contribution in [-0.2, 0) is 11.0 Å². The van der Waals surface area contributed by atoms with E-state index in [0.29, 0.717) is 29.7 Å². The molecule has 0 aliphatic heterocycles. The first-order valence-corrected chi connectivity index (χ1v) is 16.3. The lowest BCUT2D eigenvalue weighted by Gasteiger charge is -2.36. The number of rotatable bonds is 10. The van der Waals surface area contributed by atoms with Crippen LogP contribution in [0, 0.1) is 6.92 Å². The number of methoxy groups -OCH3 is 1. The number of aromatic nitrogens is 3. The summed E-state index contributed by atoms with van der Waals surface area (Å²) in [5.41, 5.74) is 3.92. The zero-order chi connectivity index (χ0) is 30.7. The average Bonchev–Trinajstić information content (AvgIpc) is 3.33. The van der Waals surface area contributed by atoms with Crippen LogP contribution in [0.15, 0.2) is 67.1 Å². The van der Waals surface area contributed by atoms with Crippen LogP contribution in [0.1, 0.15) is 32.0 Å². The van der Waals surface area contributed by atoms with Gasteiger partial charge in [0.1, 0.15) is 23.1 Å². The molecule has 4 rings (SSSR count). The zero-order valence-corrected chi connectivity index (χ0v) is 25.8. The number of nitrogens with zero attached hydrogens (tertiary/aromatic N) is 3. The predicted octanol–water partition coefficient (Wildman–Crippen LogP) is 8.49. The third kappa shape index (κ3) is 8.04. The largest absolute Gasteiger partial charge is 0.573 e. The number of hydrogen-bond acceptors (Lipinski definition) is 7. The molecule has 2 N–H and O–H groups in total. The van der Waals surface area contributed by atoms with E-state index in [4.69, 9.17) is 14.1 Å². The highest BCUT2D eigenvalue weighted by Gasteiger charge is 2.37. The van der Waals surface area contributed by atoms with E-state index in [0.717, 1.165) is 22.6 Å². The van der Waals surface area contributed by atoms with Gasteiger partial charge in [-0.15, -0.1) is 13.2 Å². The first-order chi connectivity index (χ1) is 19.6. The maximum Gasteiger partial charge on any atom is 0.573 e. The number of aryl methyl sites for hydroxylation is 1. The molecule has 0 spiro atoms. The van der Waals surface area contributed by atoms with Gasteiger partial charge in [0.15, 0.2) is 8.32 Å². The molecular formula is C30H36F3N5O3Si. The van der Waals surface area contributed by atoms with E-state index in [1.165, 1.54) is 24.3 Å². The summed E-state index contributed by atoms with van der Waals surface area (Å²) in [6, 6.07) is 15.0. The number of halogens is 3. The molecule has 4 aromatic rings. The lowest BCUT2D eigenvalue weighted by Crippen LogP contribution is -2.40. The second-order valence-corrected chi connectivity index (χ2v) is 16.2. The molecule has 224 valence electrons. The van der Waals surface area contributed by atoms with E-state index < -0.39 is 14.7 Å². The molecule has 2 aromatic carbocycles. The summed E-state index contributed by atoms with van der Waals surface area (Å²) >= 11 is 0. The van der Waals surface area contributed by atoms with Crippen LogP contribution in [0.3, 0.4) is 0 Å². The summed E-state index contributed by atoms with van der Waals surface area (Å²) in [6.45, 7) is 13.2. The number of pyridine rings is 1. The van der Waals surface area contributed by atoms with Gasteiger partial charge in [-0.05, 0) is 79.2 Å². The molecule has 0 radical (unpaired) electrons. The normalized spacial score (nSPS) is 12.2. The highest BCUT2D eigenvalue weighted by atomic mass is 28.4. The standard InChI is InChI=1S/C30H36F3N5O3Si/c1-20-17-38(19-34-20)25-13-10-23(16-26(25)39-5)36-28-15-21(18-40-42(6,7)29(2,3)4)14-27(37-28)35-22-8-11-24(12-9-22)41-30(31,32)33/h8-17,19H,18H2,1-7H3,(H2,35,36,37). The summed E-state index contributed by atoms with van der Waals surface area (Å²) in [6.07, 6.45) is -1.11. The number of imidazole rings is 1. The third-order valence-electron chi connectivity index (χ3n) is 7.09. The SMILES string of the molecule is COc1cc(Nc2cc(CO[Si](C)(C)C(C)(C)C)cc(Nc3ccc(OC(F)(F)F)cc3)n2)ccc1-n1cnc(C)c1. The molecule has 0 bridgehead atoms. The number of nitrogens with one attached hydrogen (secondary N) is 2. The molecule has 2 aromatic heterocycles. The van der Waals surface area contributed by atoms with E-state index >= 15 is 0 Å². The summed E-state index contributed by atoms with van der Waals surface area (Å²) in [4.78, 5) is 9.00. The first-order valence-electron chi connectivity index (χ1n) is 13.4. The molecule has 0 unspecified atom stereocenters. The van der Waals surface area contributed by atoms with Gasteiger partial charge in [-0.2, -0.15) is 0 Å². The monoisotopic (exact) mass is 599 g/mol. The zero-order valence-electron chi connectivity index (χ0n) is 24.8. The van der Waals surface area contributed by atoms with Crippen LogP contribution in [0.4, 0.5) is 36.2 Å². The number of hydrogen-bond donors (Lipinski definition) is 2. The molecule has 0 fully saturated rings. The van der Waals surface area contributed by atoms with Crippen LogP contribution in [-0.4, -0.2) is 36.3 Å². The fourth-order valence-corrected chi connectivity index (χ4v) is 4.80. The van der Waals surface area contributed by atoms with Gasteiger partial charge in [0, 0.05) is 23.6 Å². The Bertz CT molecular complexity index is 1520. The Kier molecular flexibility index (Phi) is 8.88. The van der Waals surface area contributed by atoms with Gasteiger partial charge in [-0.25, -0.2) is 9.97 Å². The molecule has 0 amide bonds. The Morgan fingerprint density at radius 3 is 2.07 bits per heavy atom. The summed E-state index contributed by atoms with van der Waals surface area (Å²) < 4.78 is 55.7. The highest BCUT2D eigenvalue weighted by Crippen LogP contribution is 2.37. The summed E-state index contributed by atoms with van der Waals surface area (Å²) in [5.74, 6) is 1.40. The Morgan fingerprint density at radius 1 is 0.905 bits per heavy atom. The van der Waals surface area contributed by atoms with Crippen LogP contribution in [0.5, 0.6) is 11.5 Å². The van der Waals surface area contributed by atoms with Crippen molar-refractivity contribution in [2.45, 2.75) is 58.8 Å². The van der Waals surface area contributed by atoms with Crippen LogP contribution in [0.25, 0.3) is 5.69 Å². The van der Waals surface area contributed by atoms with E-state index in [9.17, 15) is 13.2 Å². The molecule has 0 aliphatic rings. The van der Waals surface area contributed by atoms with Crippen molar-refractivity contribution in [1.29, 1.82) is 0 Å². The number of anilines is 4. The molecule has 0 atom stereocenters. The topological polar surface area (TPSA) is 82.5 Å². The fourth-order valence-electron chi connectivity index (χ4n) is 3.84. The molecule has 0 saturated carbocycles. The van der Waals surface area contributed by atoms with Crippen molar-refractivity contribution >= 4 is 31.3 Å². The van der Waals surface area contributed by atoms with Crippen molar-refractivity contribution in [3.63, 3.8) is 0 Å². The van der Waals surface area contributed by atoms with E-state index in [1.54, 1.807) is 13.4 Å². The Hall–Kier alpha value is -4.03. The minimum Gasteiger partial charge on any atom is -0.494 e. The molecule has 0 saturated heterocycles. The number of benzene rings is 2. The molecule has 8 nitrogen and oxygen atoms in total. The first kappa shape index (κ1) is 30.9. The van der Waals surface area contributed by atoms with Gasteiger partial charge >= 0.3 is 6.36 Å². The van der Waals surface area contributed by atoms with Crippen molar-refractivity contribution in [1.82, 2.24) is 14.5 Å². The second kappa shape index (κ2) is 12.1. The molecule has 2 heterocycles. The van der Waals surface area contributed by atoms with E-state index in [2.05, 4.69) is 54.2 Å². The quantitative estimate of drug-likeness (QED) is 0.177. The van der Waals surface area contributed by atoms with E-state index in [-0.39, 0.29) is 10.8 Å². The minimum absolute atomic E-state index is 0.0362. The second-order valence-electron chi connectivity index (χ2n) is 11.4. The van der Waals surface area contributed by atoms with Crippen LogP contribution < -0.4 is 20.1 Å². The minimum atomic E-state index is -4.76. The maximum absolute atomic E-state index is 12.6. The highest BCUT2D eigenvalue weighted by molar-refractivity contribution is 6.74. The van der Waals surface area contributed by atoms with Crippen molar-refractivity contribution in [2.24, 2.45) is 0 Å². The Labute approximate surface area is 245 Å². The Morgan fingerprint density at radius 2 is 1.52 bits per heavy atom. The summed E-state index contributed by atoms with van der Waals surface area (Å²) in [5, 5.41) is 6.56. The van der Waals surface area contributed by atoms with Crippen molar-refractivity contribution in [2.75, 3.05) is 17.7 Å². The molecular weight excluding hydrogens is 563 g/mol. The summed E-state index contributed by atoms with van der Waals surface area (Å²) in [7, 11) is -0.429. The molecule has 0 aliphatic carbocycles. The predicted molar refractivity (Wildman–Crippen MR) is 161 cm³/mol. The van der Waals surface area contributed by atoms with Crippen LogP contribution >= 0.6 is 0 Å². The van der Waals surface area contributed by atoms with Gasteiger partial charge < -0.3 is 29.1 Å². The van der Waals surface area contributed by atoms with Crippen molar-refractivity contribution in [3.8, 4) is 17.2 Å². The van der Waals surface area contributed by atoms with Crippen molar-refractivity contribution in [3.05, 3.63) is 78.4 Å². The third-order valence-corrected chi connectivity index (χ3v) is 11.6. The van der Waals surface area contributed by atoms with Crippen molar-refractivity contribution < 1.29 is 27.1 Å². The number of ether oxygens (including phenoxy) is 2. The van der Waals surface area contributed by atoms with Gasteiger partial charge in [0.05, 0.1) is 31.4 Å². The number of alkyl halides is 3. The maximum atomic E-state index is 12.6. The molecule has 12 heteroatoms. The van der Waals surface area contributed by atoms with Gasteiger partial charge in [-0.3, -0.25) is 0 Å². The van der Waals surface area contributed by atoms with Gasteiger partial charge in [0.2, 0.25) is 0 Å².